The van der Waals surface area contributed by atoms with Crippen molar-refractivity contribution in [2.75, 3.05) is 33.4 Å². The molecule has 0 aliphatic rings. The van der Waals surface area contributed by atoms with E-state index in [2.05, 4.69) is 36.5 Å². The van der Waals surface area contributed by atoms with Crippen molar-refractivity contribution in [2.45, 2.75) is 40.8 Å². The zero-order valence-corrected chi connectivity index (χ0v) is 20.4. The number of nitrogens with one attached hydrogen (secondary N) is 2. The molecule has 2 rings (SSSR count). The van der Waals surface area contributed by atoms with Crippen LogP contribution in [0.1, 0.15) is 29.4 Å². The number of hydrogen-bond donors (Lipinski definition) is 2. The van der Waals surface area contributed by atoms with E-state index in [1.54, 1.807) is 7.11 Å². The zero-order chi connectivity index (χ0) is 20.4. The van der Waals surface area contributed by atoms with Crippen molar-refractivity contribution in [3.63, 3.8) is 0 Å². The number of ether oxygens (including phenoxy) is 2. The maximum Gasteiger partial charge on any atom is 0.191 e. The Morgan fingerprint density at radius 1 is 1.10 bits per heavy atom. The largest absolute Gasteiger partial charge is 0.492 e. The molecule has 0 saturated carbocycles. The van der Waals surface area contributed by atoms with Crippen LogP contribution in [0, 0.1) is 20.8 Å². The molecule has 29 heavy (non-hydrogen) atoms. The minimum absolute atomic E-state index is 0. The van der Waals surface area contributed by atoms with Gasteiger partial charge in [0.25, 0.3) is 0 Å². The van der Waals surface area contributed by atoms with E-state index in [0.29, 0.717) is 26.3 Å². The maximum atomic E-state index is 5.76. The van der Waals surface area contributed by atoms with Crippen LogP contribution in [0.25, 0.3) is 0 Å². The van der Waals surface area contributed by atoms with Crippen LogP contribution in [0.15, 0.2) is 29.3 Å². The first-order valence-electron chi connectivity index (χ1n) is 9.78. The second-order valence-corrected chi connectivity index (χ2v) is 6.65. The molecule has 0 bridgehead atoms. The van der Waals surface area contributed by atoms with E-state index in [9.17, 15) is 0 Å². The van der Waals surface area contributed by atoms with E-state index in [-0.39, 0.29) is 24.0 Å². The van der Waals surface area contributed by atoms with Crippen LogP contribution < -0.4 is 15.4 Å². The molecule has 0 saturated heterocycles. The number of halogens is 1. The summed E-state index contributed by atoms with van der Waals surface area (Å²) in [5.74, 6) is 1.66. The fourth-order valence-corrected chi connectivity index (χ4v) is 2.83. The number of aromatic nitrogens is 2. The Labute approximate surface area is 191 Å². The van der Waals surface area contributed by atoms with E-state index in [1.165, 1.54) is 5.56 Å². The van der Waals surface area contributed by atoms with E-state index in [4.69, 9.17) is 14.5 Å². The van der Waals surface area contributed by atoms with Gasteiger partial charge in [0, 0.05) is 24.9 Å². The highest BCUT2D eigenvalue weighted by molar-refractivity contribution is 14.0. The average Bonchev–Trinajstić information content (AvgIpc) is 2.96. The van der Waals surface area contributed by atoms with Crippen molar-refractivity contribution in [1.29, 1.82) is 0 Å². The van der Waals surface area contributed by atoms with Crippen LogP contribution >= 0.6 is 24.0 Å². The molecule has 0 radical (unpaired) electrons. The standard InChI is InChI=1S/C21H33N5O2.HI/c1-6-22-21(23-11-13-28-19-9-7-16(2)8-10-19)24-15-20-17(3)25-26(18(20)4)12-14-27-5;/h7-10H,6,11-15H2,1-5H3,(H2,22,23,24);1H. The minimum Gasteiger partial charge on any atom is -0.492 e. The monoisotopic (exact) mass is 515 g/mol. The number of hydrogen-bond acceptors (Lipinski definition) is 4. The maximum absolute atomic E-state index is 5.76. The Bertz CT molecular complexity index is 759. The van der Waals surface area contributed by atoms with Gasteiger partial charge in [0.2, 0.25) is 0 Å². The van der Waals surface area contributed by atoms with Crippen LogP contribution in [-0.2, 0) is 17.8 Å². The fraction of sp³-hybridized carbons (Fsp3) is 0.524. The normalized spacial score (nSPS) is 11.1. The predicted octanol–water partition coefficient (Wildman–Crippen LogP) is 3.21. The Morgan fingerprint density at radius 3 is 2.48 bits per heavy atom. The Hall–Kier alpha value is -1.81. The molecule has 162 valence electrons. The number of methoxy groups -OCH3 is 1. The highest BCUT2D eigenvalue weighted by Crippen LogP contribution is 2.14. The third kappa shape index (κ3) is 8.22. The van der Waals surface area contributed by atoms with Crippen LogP contribution in [0.3, 0.4) is 0 Å². The van der Waals surface area contributed by atoms with Crippen LogP contribution in [-0.4, -0.2) is 49.2 Å². The molecule has 8 heteroatoms. The van der Waals surface area contributed by atoms with Crippen molar-refractivity contribution in [1.82, 2.24) is 20.4 Å². The molecule has 2 N–H and O–H groups in total. The highest BCUT2D eigenvalue weighted by Gasteiger charge is 2.11. The predicted molar refractivity (Wildman–Crippen MR) is 128 cm³/mol. The smallest absolute Gasteiger partial charge is 0.191 e. The molecule has 7 nitrogen and oxygen atoms in total. The summed E-state index contributed by atoms with van der Waals surface area (Å²) in [6, 6.07) is 8.07. The number of rotatable bonds is 10. The van der Waals surface area contributed by atoms with Crippen molar-refractivity contribution in [3.05, 3.63) is 46.8 Å². The van der Waals surface area contributed by atoms with Crippen LogP contribution in [0.5, 0.6) is 5.75 Å². The lowest BCUT2D eigenvalue weighted by molar-refractivity contribution is 0.182. The lowest BCUT2D eigenvalue weighted by Crippen LogP contribution is -2.39. The average molecular weight is 515 g/mol. The molecule has 2 aromatic rings. The third-order valence-electron chi connectivity index (χ3n) is 4.46. The molecule has 0 spiro atoms. The van der Waals surface area contributed by atoms with Gasteiger partial charge < -0.3 is 20.1 Å². The van der Waals surface area contributed by atoms with Gasteiger partial charge in [-0.15, -0.1) is 24.0 Å². The van der Waals surface area contributed by atoms with Crippen molar-refractivity contribution in [3.8, 4) is 5.75 Å². The fourth-order valence-electron chi connectivity index (χ4n) is 2.83. The molecule has 1 aromatic carbocycles. The first kappa shape index (κ1) is 25.2. The lowest BCUT2D eigenvalue weighted by atomic mass is 10.2. The van der Waals surface area contributed by atoms with Crippen molar-refractivity contribution in [2.24, 2.45) is 4.99 Å². The first-order valence-corrected chi connectivity index (χ1v) is 9.78. The molecule has 0 aliphatic carbocycles. The first-order chi connectivity index (χ1) is 13.5. The third-order valence-corrected chi connectivity index (χ3v) is 4.46. The molecule has 0 unspecified atom stereocenters. The molecule has 0 fully saturated rings. The number of nitrogens with zero attached hydrogens (tertiary/aromatic N) is 3. The number of aryl methyl sites for hydroxylation is 2. The van der Waals surface area contributed by atoms with E-state index >= 15 is 0 Å². The molecular weight excluding hydrogens is 481 g/mol. The van der Waals surface area contributed by atoms with Gasteiger partial charge in [-0.05, 0) is 39.8 Å². The van der Waals surface area contributed by atoms with Crippen LogP contribution in [0.2, 0.25) is 0 Å². The van der Waals surface area contributed by atoms with Gasteiger partial charge in [-0.1, -0.05) is 17.7 Å². The van der Waals surface area contributed by atoms with E-state index < -0.39 is 0 Å². The Balaban J connectivity index is 0.00000420. The second-order valence-electron chi connectivity index (χ2n) is 6.65. The quantitative estimate of drug-likeness (QED) is 0.220. The zero-order valence-electron chi connectivity index (χ0n) is 18.1. The number of aliphatic imine (C=N–C) groups is 1. The second kappa shape index (κ2) is 13.4. The summed E-state index contributed by atoms with van der Waals surface area (Å²) < 4.78 is 12.9. The lowest BCUT2D eigenvalue weighted by Gasteiger charge is -2.12. The van der Waals surface area contributed by atoms with E-state index in [0.717, 1.165) is 41.7 Å². The number of benzene rings is 1. The molecule has 1 heterocycles. The summed E-state index contributed by atoms with van der Waals surface area (Å²) in [6.07, 6.45) is 0. The molecule has 0 aliphatic heterocycles. The van der Waals surface area contributed by atoms with Gasteiger partial charge in [-0.2, -0.15) is 5.10 Å². The van der Waals surface area contributed by atoms with E-state index in [1.807, 2.05) is 35.9 Å². The number of guanidine groups is 1. The molecule has 1 aromatic heterocycles. The summed E-state index contributed by atoms with van der Waals surface area (Å²) in [5.41, 5.74) is 4.53. The van der Waals surface area contributed by atoms with Gasteiger partial charge in [0.1, 0.15) is 12.4 Å². The summed E-state index contributed by atoms with van der Waals surface area (Å²) >= 11 is 0. The molecule has 0 amide bonds. The van der Waals surface area contributed by atoms with Gasteiger partial charge in [0.05, 0.1) is 31.9 Å². The van der Waals surface area contributed by atoms with Gasteiger partial charge >= 0.3 is 0 Å². The summed E-state index contributed by atoms with van der Waals surface area (Å²) in [7, 11) is 1.70. The highest BCUT2D eigenvalue weighted by atomic mass is 127. The molecular formula is C21H34IN5O2. The topological polar surface area (TPSA) is 72.7 Å². The van der Waals surface area contributed by atoms with Crippen LogP contribution in [0.4, 0.5) is 0 Å². The summed E-state index contributed by atoms with van der Waals surface area (Å²) in [4.78, 5) is 4.71. The minimum atomic E-state index is 0. The van der Waals surface area contributed by atoms with Gasteiger partial charge in [-0.3, -0.25) is 4.68 Å². The summed E-state index contributed by atoms with van der Waals surface area (Å²) in [5, 5.41) is 11.2. The van der Waals surface area contributed by atoms with Crippen molar-refractivity contribution < 1.29 is 9.47 Å². The van der Waals surface area contributed by atoms with Gasteiger partial charge in [0.15, 0.2) is 5.96 Å². The SMILES string of the molecule is CCNC(=NCc1c(C)nn(CCOC)c1C)NCCOc1ccc(C)cc1.I. The summed E-state index contributed by atoms with van der Waals surface area (Å²) in [6.45, 7) is 12.2. The van der Waals surface area contributed by atoms with Crippen molar-refractivity contribution >= 4 is 29.9 Å². The Kier molecular flexibility index (Phi) is 11.7. The molecule has 0 atom stereocenters. The Morgan fingerprint density at radius 2 is 1.83 bits per heavy atom. The van der Waals surface area contributed by atoms with Gasteiger partial charge in [-0.25, -0.2) is 4.99 Å².